The molecule has 388 valence electrons. The lowest BCUT2D eigenvalue weighted by atomic mass is 9.99. The van der Waals surface area contributed by atoms with Gasteiger partial charge in [0.25, 0.3) is 0 Å². The highest BCUT2D eigenvalue weighted by molar-refractivity contribution is 5.76. The fourth-order valence-corrected chi connectivity index (χ4v) is 9.64. The normalized spacial score (nSPS) is 19.8. The molecule has 7 atom stereocenters. The van der Waals surface area contributed by atoms with Crippen molar-refractivity contribution in [3.8, 4) is 0 Å². The Morgan fingerprint density at radius 1 is 0.462 bits per heavy atom. The van der Waals surface area contributed by atoms with Crippen LogP contribution in [0.25, 0.3) is 0 Å². The van der Waals surface area contributed by atoms with Gasteiger partial charge in [-0.3, -0.25) is 4.79 Å². The minimum absolute atomic E-state index is 0.131. The van der Waals surface area contributed by atoms with E-state index in [0.29, 0.717) is 12.8 Å². The van der Waals surface area contributed by atoms with Crippen LogP contribution in [0.5, 0.6) is 0 Å². The lowest BCUT2D eigenvalue weighted by Crippen LogP contribution is -2.60. The summed E-state index contributed by atoms with van der Waals surface area (Å²) in [6.07, 6.45) is 48.4. The molecule has 0 bridgehead atoms. The second kappa shape index (κ2) is 46.9. The number of aliphatic hydroxyl groups is 5. The van der Waals surface area contributed by atoms with Crippen LogP contribution in [0.2, 0.25) is 0 Å². The zero-order valence-corrected chi connectivity index (χ0v) is 43.0. The van der Waals surface area contributed by atoms with Crippen molar-refractivity contribution >= 4 is 5.91 Å². The number of aliphatic hydroxyl groups excluding tert-OH is 5. The highest BCUT2D eigenvalue weighted by Crippen LogP contribution is 2.23. The molecule has 0 aliphatic carbocycles. The highest BCUT2D eigenvalue weighted by Gasteiger charge is 2.44. The van der Waals surface area contributed by atoms with Crippen molar-refractivity contribution in [3.05, 3.63) is 0 Å². The van der Waals surface area contributed by atoms with Crippen LogP contribution in [-0.4, -0.2) is 87.5 Å². The van der Waals surface area contributed by atoms with E-state index in [9.17, 15) is 30.3 Å². The molecule has 9 heteroatoms. The summed E-state index contributed by atoms with van der Waals surface area (Å²) in [5.74, 6) is -0.136. The summed E-state index contributed by atoms with van der Waals surface area (Å²) in [6, 6.07) is -0.713. The van der Waals surface area contributed by atoms with Gasteiger partial charge in [-0.25, -0.2) is 0 Å². The summed E-state index contributed by atoms with van der Waals surface area (Å²) in [5.41, 5.74) is 0. The minimum Gasteiger partial charge on any atom is -0.394 e. The van der Waals surface area contributed by atoms with Crippen molar-refractivity contribution in [2.75, 3.05) is 13.2 Å². The Morgan fingerprint density at radius 2 is 0.769 bits per heavy atom. The third kappa shape index (κ3) is 36.8. The predicted molar refractivity (Wildman–Crippen MR) is 272 cm³/mol. The lowest BCUT2D eigenvalue weighted by Gasteiger charge is -2.40. The maximum absolute atomic E-state index is 13.1. The predicted octanol–water partition coefficient (Wildman–Crippen LogP) is 13.9. The maximum Gasteiger partial charge on any atom is 0.220 e. The van der Waals surface area contributed by atoms with Gasteiger partial charge in [0.2, 0.25) is 5.91 Å². The summed E-state index contributed by atoms with van der Waals surface area (Å²) in [6.45, 7) is 3.88. The molecule has 0 aromatic rings. The first-order valence-corrected chi connectivity index (χ1v) is 28.7. The van der Waals surface area contributed by atoms with Gasteiger partial charge in [-0.1, -0.05) is 277 Å². The molecule has 0 spiro atoms. The van der Waals surface area contributed by atoms with Gasteiger partial charge in [-0.2, -0.15) is 0 Å². The van der Waals surface area contributed by atoms with E-state index in [1.807, 2.05) is 0 Å². The van der Waals surface area contributed by atoms with E-state index in [4.69, 9.17) is 9.47 Å². The summed E-state index contributed by atoms with van der Waals surface area (Å²) in [7, 11) is 0. The molecule has 1 aliphatic rings. The largest absolute Gasteiger partial charge is 0.394 e. The third-order valence-electron chi connectivity index (χ3n) is 14.2. The molecule has 1 aliphatic heterocycles. The van der Waals surface area contributed by atoms with Crippen molar-refractivity contribution < 1.29 is 39.8 Å². The molecule has 1 fully saturated rings. The summed E-state index contributed by atoms with van der Waals surface area (Å²) in [4.78, 5) is 13.1. The van der Waals surface area contributed by atoms with Crippen molar-refractivity contribution in [1.82, 2.24) is 5.32 Å². The van der Waals surface area contributed by atoms with E-state index in [1.54, 1.807) is 0 Å². The van der Waals surface area contributed by atoms with Gasteiger partial charge in [-0.15, -0.1) is 0 Å². The Kier molecular flexibility index (Phi) is 44.9. The van der Waals surface area contributed by atoms with Crippen LogP contribution in [0, 0.1) is 0 Å². The Bertz CT molecular complexity index is 986. The van der Waals surface area contributed by atoms with Gasteiger partial charge < -0.3 is 40.3 Å². The van der Waals surface area contributed by atoms with E-state index in [1.165, 1.54) is 231 Å². The summed E-state index contributed by atoms with van der Waals surface area (Å²) < 4.78 is 11.3. The second-order valence-electron chi connectivity index (χ2n) is 20.5. The Morgan fingerprint density at radius 3 is 1.09 bits per heavy atom. The molecule has 65 heavy (non-hydrogen) atoms. The molecule has 1 heterocycles. The zero-order chi connectivity index (χ0) is 47.3. The van der Waals surface area contributed by atoms with Gasteiger partial charge in [0.05, 0.1) is 25.4 Å². The monoisotopic (exact) mass is 926 g/mol. The number of hydrogen-bond donors (Lipinski definition) is 6. The molecule has 7 unspecified atom stereocenters. The number of hydrogen-bond acceptors (Lipinski definition) is 8. The van der Waals surface area contributed by atoms with Crippen LogP contribution in [0.4, 0.5) is 0 Å². The Hall–Kier alpha value is -0.810. The SMILES string of the molecule is CCCCCCCCCCCCCCCCCCCCCCCCCCC(=O)NC(COC1OC(CO)C(O)C(O)C1O)C(O)CCCCCCCCCCCCCCCCCCCC. The van der Waals surface area contributed by atoms with Crippen molar-refractivity contribution in [2.24, 2.45) is 0 Å². The smallest absolute Gasteiger partial charge is 0.220 e. The zero-order valence-electron chi connectivity index (χ0n) is 43.0. The molecule has 1 rings (SSSR count). The van der Waals surface area contributed by atoms with Gasteiger partial charge >= 0.3 is 0 Å². The van der Waals surface area contributed by atoms with Gasteiger partial charge in [-0.05, 0) is 12.8 Å². The number of rotatable bonds is 50. The van der Waals surface area contributed by atoms with Crippen LogP contribution in [0.15, 0.2) is 0 Å². The van der Waals surface area contributed by atoms with E-state index < -0.39 is 49.5 Å². The first kappa shape index (κ1) is 62.2. The Labute approximate surface area is 402 Å². The molecule has 0 radical (unpaired) electrons. The van der Waals surface area contributed by atoms with Crippen LogP contribution < -0.4 is 5.32 Å². The van der Waals surface area contributed by atoms with Gasteiger partial charge in [0.15, 0.2) is 6.29 Å². The molecule has 9 nitrogen and oxygen atoms in total. The molecule has 1 amide bonds. The van der Waals surface area contributed by atoms with E-state index in [0.717, 1.165) is 38.5 Å². The Balaban J connectivity index is 2.18. The minimum atomic E-state index is -1.55. The van der Waals surface area contributed by atoms with Crippen LogP contribution in [-0.2, 0) is 14.3 Å². The fraction of sp³-hybridized carbons (Fsp3) is 0.982. The fourth-order valence-electron chi connectivity index (χ4n) is 9.64. The van der Waals surface area contributed by atoms with Gasteiger partial charge in [0.1, 0.15) is 24.4 Å². The molecular weight excluding hydrogens is 815 g/mol. The number of ether oxygens (including phenoxy) is 2. The van der Waals surface area contributed by atoms with Gasteiger partial charge in [0, 0.05) is 6.42 Å². The van der Waals surface area contributed by atoms with Crippen molar-refractivity contribution in [2.45, 2.75) is 339 Å². The summed E-state index contributed by atoms with van der Waals surface area (Å²) >= 11 is 0. The number of carbonyl (C=O) groups excluding carboxylic acids is 1. The van der Waals surface area contributed by atoms with Crippen molar-refractivity contribution in [3.63, 3.8) is 0 Å². The number of nitrogens with one attached hydrogen (secondary N) is 1. The topological polar surface area (TPSA) is 149 Å². The average Bonchev–Trinajstić information content (AvgIpc) is 3.31. The molecule has 0 aromatic carbocycles. The first-order chi connectivity index (χ1) is 31.8. The standard InChI is InChI=1S/C56H111NO8/c1-3-5-7-9-11-13-15-17-19-21-23-24-25-26-27-28-30-32-34-36-38-40-42-44-46-52(60)57-49(48-64-56-55(63)54(62)53(61)51(47-58)65-56)50(59)45-43-41-39-37-35-33-31-29-22-20-18-16-14-12-10-8-6-4-2/h49-51,53-56,58-59,61-63H,3-48H2,1-2H3,(H,57,60). The molecule has 0 saturated carbocycles. The summed E-state index contributed by atoms with van der Waals surface area (Å²) in [5, 5.41) is 54.7. The lowest BCUT2D eigenvalue weighted by molar-refractivity contribution is -0.302. The highest BCUT2D eigenvalue weighted by atomic mass is 16.7. The van der Waals surface area contributed by atoms with Crippen molar-refractivity contribution in [1.29, 1.82) is 0 Å². The third-order valence-corrected chi connectivity index (χ3v) is 14.2. The molecule has 0 aromatic heterocycles. The molecule has 1 saturated heterocycles. The molecular formula is C56H111NO8. The molecule has 6 N–H and O–H groups in total. The maximum atomic E-state index is 13.1. The van der Waals surface area contributed by atoms with Crippen LogP contribution in [0.3, 0.4) is 0 Å². The second-order valence-corrected chi connectivity index (χ2v) is 20.5. The average molecular weight is 927 g/mol. The van der Waals surface area contributed by atoms with Crippen LogP contribution >= 0.6 is 0 Å². The van der Waals surface area contributed by atoms with E-state index >= 15 is 0 Å². The van der Waals surface area contributed by atoms with E-state index in [-0.39, 0.29) is 12.5 Å². The quantitative estimate of drug-likeness (QED) is 0.0330. The van der Waals surface area contributed by atoms with E-state index in [2.05, 4.69) is 19.2 Å². The number of amides is 1. The number of carbonyl (C=O) groups is 1. The first-order valence-electron chi connectivity index (χ1n) is 28.7. The van der Waals surface area contributed by atoms with Crippen LogP contribution in [0.1, 0.15) is 296 Å². The number of unbranched alkanes of at least 4 members (excludes halogenated alkanes) is 40.